The number of anilines is 1. The number of carboxylic acid groups (broad SMARTS) is 1. The van der Waals surface area contributed by atoms with Gasteiger partial charge in [0.2, 0.25) is 5.91 Å². The first-order valence-corrected chi connectivity index (χ1v) is 7.06. The summed E-state index contributed by atoms with van der Waals surface area (Å²) >= 11 is 0. The third kappa shape index (κ3) is 3.40. The number of benzene rings is 1. The first-order valence-electron chi connectivity index (χ1n) is 7.06. The average Bonchev–Trinajstić information content (AvgIpc) is 2.83. The van der Waals surface area contributed by atoms with E-state index in [1.165, 1.54) is 0 Å². The van der Waals surface area contributed by atoms with Crippen molar-refractivity contribution in [2.75, 3.05) is 31.1 Å². The molecule has 0 aromatic heterocycles. The van der Waals surface area contributed by atoms with Gasteiger partial charge < -0.3 is 15.7 Å². The average molecular weight is 291 g/mol. The van der Waals surface area contributed by atoms with Crippen LogP contribution in [-0.2, 0) is 9.59 Å². The molecule has 1 aromatic rings. The number of likely N-dealkylation sites (N-methyl/N-ethyl adjacent to an activating group) is 1. The zero-order valence-electron chi connectivity index (χ0n) is 12.2. The zero-order valence-corrected chi connectivity index (χ0v) is 12.2. The predicted molar refractivity (Wildman–Crippen MR) is 80.1 cm³/mol. The lowest BCUT2D eigenvalue weighted by atomic mass is 10.0. The maximum Gasteiger partial charge on any atom is 0.325 e. The molecule has 1 aliphatic rings. The summed E-state index contributed by atoms with van der Waals surface area (Å²) in [5.74, 6) is -1.05. The van der Waals surface area contributed by atoms with E-state index in [1.54, 1.807) is 4.90 Å². The molecule has 1 aromatic carbocycles. The van der Waals surface area contributed by atoms with E-state index in [9.17, 15) is 9.59 Å². The van der Waals surface area contributed by atoms with Crippen LogP contribution in [0.2, 0.25) is 0 Å². The van der Waals surface area contributed by atoms with Gasteiger partial charge in [0.15, 0.2) is 0 Å². The molecule has 0 radical (unpaired) electrons. The summed E-state index contributed by atoms with van der Waals surface area (Å²) in [6, 6.07) is 9.44. The number of nitrogens with two attached hydrogens (primary N) is 1. The molecule has 0 spiro atoms. The molecule has 6 nitrogen and oxygen atoms in total. The quantitative estimate of drug-likeness (QED) is 0.826. The van der Waals surface area contributed by atoms with Crippen molar-refractivity contribution in [2.24, 2.45) is 5.73 Å². The molecule has 21 heavy (non-hydrogen) atoms. The molecular formula is C15H21N3O3. The van der Waals surface area contributed by atoms with Gasteiger partial charge in [0.1, 0.15) is 5.54 Å². The minimum Gasteiger partial charge on any atom is -0.480 e. The number of hydrogen-bond acceptors (Lipinski definition) is 4. The van der Waals surface area contributed by atoms with Crippen LogP contribution in [0.4, 0.5) is 5.69 Å². The Morgan fingerprint density at radius 1 is 1.38 bits per heavy atom. The van der Waals surface area contributed by atoms with Gasteiger partial charge in [-0.25, -0.2) is 0 Å². The highest BCUT2D eigenvalue weighted by Gasteiger charge is 2.41. The largest absolute Gasteiger partial charge is 0.480 e. The number of rotatable bonds is 5. The standard InChI is InChI=1S/C15H21N3O3/c1-2-18(12-6-4-3-5-7-12)13(19)10-17-9-8-15(16,11-17)14(20)21/h3-7H,2,8-11,16H2,1H3,(H,20,21). The number of nitrogens with zero attached hydrogens (tertiary/aromatic N) is 2. The fourth-order valence-corrected chi connectivity index (χ4v) is 2.61. The first-order chi connectivity index (χ1) is 9.96. The van der Waals surface area contributed by atoms with E-state index in [0.29, 0.717) is 19.5 Å². The maximum absolute atomic E-state index is 12.4. The van der Waals surface area contributed by atoms with Crippen molar-refractivity contribution in [3.63, 3.8) is 0 Å². The highest BCUT2D eigenvalue weighted by Crippen LogP contribution is 2.20. The number of aliphatic carboxylic acids is 1. The zero-order chi connectivity index (χ0) is 15.5. The van der Waals surface area contributed by atoms with Crippen molar-refractivity contribution in [2.45, 2.75) is 18.9 Å². The summed E-state index contributed by atoms with van der Waals surface area (Å²) in [5, 5.41) is 9.11. The summed E-state index contributed by atoms with van der Waals surface area (Å²) in [4.78, 5) is 27.0. The lowest BCUT2D eigenvalue weighted by Crippen LogP contribution is -2.51. The van der Waals surface area contributed by atoms with Gasteiger partial charge in [-0.2, -0.15) is 0 Å². The van der Waals surface area contributed by atoms with Gasteiger partial charge in [0, 0.05) is 25.3 Å². The van der Waals surface area contributed by atoms with E-state index >= 15 is 0 Å². The molecule has 1 atom stereocenters. The Labute approximate surface area is 124 Å². The van der Waals surface area contributed by atoms with Crippen LogP contribution in [0, 0.1) is 0 Å². The molecule has 0 aliphatic carbocycles. The highest BCUT2D eigenvalue weighted by molar-refractivity contribution is 5.94. The van der Waals surface area contributed by atoms with Gasteiger partial charge in [0.25, 0.3) is 0 Å². The monoisotopic (exact) mass is 291 g/mol. The van der Waals surface area contributed by atoms with Crippen molar-refractivity contribution in [1.29, 1.82) is 0 Å². The molecule has 1 aliphatic heterocycles. The maximum atomic E-state index is 12.4. The fraction of sp³-hybridized carbons (Fsp3) is 0.467. The van der Waals surface area contributed by atoms with Crippen LogP contribution in [0.15, 0.2) is 30.3 Å². The number of hydrogen-bond donors (Lipinski definition) is 2. The molecule has 1 fully saturated rings. The number of carbonyl (C=O) groups excluding carboxylic acids is 1. The second-order valence-electron chi connectivity index (χ2n) is 5.40. The van der Waals surface area contributed by atoms with Crippen LogP contribution >= 0.6 is 0 Å². The van der Waals surface area contributed by atoms with Crippen LogP contribution < -0.4 is 10.6 Å². The molecule has 6 heteroatoms. The van der Waals surface area contributed by atoms with Crippen molar-refractivity contribution in [3.05, 3.63) is 30.3 Å². The molecule has 114 valence electrons. The SMILES string of the molecule is CCN(C(=O)CN1CCC(N)(C(=O)O)C1)c1ccccc1. The Morgan fingerprint density at radius 3 is 2.57 bits per heavy atom. The summed E-state index contributed by atoms with van der Waals surface area (Å²) in [6.45, 7) is 3.42. The number of para-hydroxylation sites is 1. The summed E-state index contributed by atoms with van der Waals surface area (Å²) in [6.07, 6.45) is 0.368. The van der Waals surface area contributed by atoms with E-state index < -0.39 is 11.5 Å². The van der Waals surface area contributed by atoms with Gasteiger partial charge in [-0.1, -0.05) is 18.2 Å². The molecule has 1 saturated heterocycles. The van der Waals surface area contributed by atoms with Gasteiger partial charge >= 0.3 is 5.97 Å². The Bertz CT molecular complexity index is 520. The molecule has 2 rings (SSSR count). The molecular weight excluding hydrogens is 270 g/mol. The number of carbonyl (C=O) groups is 2. The summed E-state index contributed by atoms with van der Waals surface area (Å²) < 4.78 is 0. The minimum atomic E-state index is -1.23. The Morgan fingerprint density at radius 2 is 2.05 bits per heavy atom. The van der Waals surface area contributed by atoms with Crippen molar-refractivity contribution >= 4 is 17.6 Å². The van der Waals surface area contributed by atoms with E-state index in [1.807, 2.05) is 42.2 Å². The van der Waals surface area contributed by atoms with Crippen LogP contribution in [0.25, 0.3) is 0 Å². The van der Waals surface area contributed by atoms with E-state index in [4.69, 9.17) is 10.8 Å². The lowest BCUT2D eigenvalue weighted by molar-refractivity contribution is -0.143. The molecule has 1 unspecified atom stereocenters. The number of amides is 1. The summed E-state index contributed by atoms with van der Waals surface area (Å²) in [7, 11) is 0. The van der Waals surface area contributed by atoms with Crippen LogP contribution in [0.5, 0.6) is 0 Å². The molecule has 0 bridgehead atoms. The van der Waals surface area contributed by atoms with E-state index in [0.717, 1.165) is 5.69 Å². The lowest BCUT2D eigenvalue weighted by Gasteiger charge is -2.25. The van der Waals surface area contributed by atoms with Gasteiger partial charge in [0.05, 0.1) is 6.54 Å². The van der Waals surface area contributed by atoms with Crippen LogP contribution in [0.3, 0.4) is 0 Å². The third-order valence-electron chi connectivity index (χ3n) is 3.85. The predicted octanol–water partition coefficient (Wildman–Crippen LogP) is 0.527. The topological polar surface area (TPSA) is 86.9 Å². The second kappa shape index (κ2) is 6.24. The third-order valence-corrected chi connectivity index (χ3v) is 3.85. The summed E-state index contributed by atoms with van der Waals surface area (Å²) in [5.41, 5.74) is 5.44. The van der Waals surface area contributed by atoms with Crippen LogP contribution in [-0.4, -0.2) is 53.6 Å². The van der Waals surface area contributed by atoms with Crippen molar-refractivity contribution in [3.8, 4) is 0 Å². The second-order valence-corrected chi connectivity index (χ2v) is 5.40. The molecule has 3 N–H and O–H groups in total. The molecule has 1 amide bonds. The fourth-order valence-electron chi connectivity index (χ4n) is 2.61. The number of carboxylic acids is 1. The van der Waals surface area contributed by atoms with Crippen molar-refractivity contribution in [1.82, 2.24) is 4.90 Å². The normalized spacial score (nSPS) is 22.2. The molecule has 1 heterocycles. The van der Waals surface area contributed by atoms with Gasteiger partial charge in [-0.05, 0) is 25.5 Å². The van der Waals surface area contributed by atoms with Crippen LogP contribution in [0.1, 0.15) is 13.3 Å². The van der Waals surface area contributed by atoms with Gasteiger partial charge in [-0.3, -0.25) is 14.5 Å². The first kappa shape index (κ1) is 15.5. The van der Waals surface area contributed by atoms with Gasteiger partial charge in [-0.15, -0.1) is 0 Å². The Kier molecular flexibility index (Phi) is 4.59. The van der Waals surface area contributed by atoms with E-state index in [2.05, 4.69) is 0 Å². The van der Waals surface area contributed by atoms with E-state index in [-0.39, 0.29) is 19.0 Å². The van der Waals surface area contributed by atoms with Crippen molar-refractivity contribution < 1.29 is 14.7 Å². The molecule has 0 saturated carbocycles. The smallest absolute Gasteiger partial charge is 0.325 e. The minimum absolute atomic E-state index is 0.0432. The highest BCUT2D eigenvalue weighted by atomic mass is 16.4. The Hall–Kier alpha value is -1.92. The number of likely N-dealkylation sites (tertiary alicyclic amines) is 1. The Balaban J connectivity index is 2.00.